The number of amides is 1. The van der Waals surface area contributed by atoms with Crippen LogP contribution in [0.15, 0.2) is 77.9 Å². The van der Waals surface area contributed by atoms with Gasteiger partial charge in [0.2, 0.25) is 5.91 Å². The molecule has 108 valence electrons. The Labute approximate surface area is 129 Å². The molecule has 0 saturated carbocycles. The lowest BCUT2D eigenvalue weighted by atomic mass is 10.1. The molecule has 0 unspecified atom stereocenters. The smallest absolute Gasteiger partial charge is 0.244 e. The van der Waals surface area contributed by atoms with E-state index < -0.39 is 0 Å². The van der Waals surface area contributed by atoms with Crippen LogP contribution >= 0.6 is 0 Å². The van der Waals surface area contributed by atoms with Crippen molar-refractivity contribution in [1.29, 1.82) is 0 Å². The molecule has 0 fully saturated rings. The van der Waals surface area contributed by atoms with E-state index >= 15 is 0 Å². The van der Waals surface area contributed by atoms with Crippen molar-refractivity contribution in [2.24, 2.45) is 5.10 Å². The number of benzene rings is 3. The lowest BCUT2D eigenvalue weighted by Crippen LogP contribution is -2.19. The first-order valence-corrected chi connectivity index (χ1v) is 7.16. The molecule has 3 heteroatoms. The highest BCUT2D eigenvalue weighted by molar-refractivity contribution is 5.99. The second kappa shape index (κ2) is 6.68. The van der Waals surface area contributed by atoms with Crippen molar-refractivity contribution >= 4 is 22.9 Å². The van der Waals surface area contributed by atoms with Crippen LogP contribution in [-0.2, 0) is 11.2 Å². The number of rotatable bonds is 4. The van der Waals surface area contributed by atoms with Crippen LogP contribution in [0, 0.1) is 0 Å². The molecule has 0 heterocycles. The molecule has 0 aliphatic rings. The molecule has 0 atom stereocenters. The molecule has 3 nitrogen and oxygen atoms in total. The lowest BCUT2D eigenvalue weighted by molar-refractivity contribution is -0.120. The van der Waals surface area contributed by atoms with E-state index in [0.29, 0.717) is 6.42 Å². The normalized spacial score (nSPS) is 10.9. The first-order chi connectivity index (χ1) is 10.8. The molecule has 0 aliphatic heterocycles. The topological polar surface area (TPSA) is 41.5 Å². The highest BCUT2D eigenvalue weighted by Gasteiger charge is 2.01. The Morgan fingerprint density at radius 3 is 2.50 bits per heavy atom. The Hall–Kier alpha value is -2.94. The highest BCUT2D eigenvalue weighted by atomic mass is 16.2. The van der Waals surface area contributed by atoms with Crippen LogP contribution in [0.25, 0.3) is 10.8 Å². The van der Waals surface area contributed by atoms with E-state index in [-0.39, 0.29) is 5.91 Å². The molecule has 0 spiro atoms. The Balaban J connectivity index is 1.67. The molecule has 0 radical (unpaired) electrons. The van der Waals surface area contributed by atoms with Crippen LogP contribution in [-0.4, -0.2) is 12.1 Å². The van der Waals surface area contributed by atoms with Gasteiger partial charge < -0.3 is 0 Å². The van der Waals surface area contributed by atoms with Gasteiger partial charge in [-0.15, -0.1) is 0 Å². The van der Waals surface area contributed by atoms with Gasteiger partial charge in [-0.25, -0.2) is 5.43 Å². The Kier molecular flexibility index (Phi) is 4.25. The van der Waals surface area contributed by atoms with Crippen molar-refractivity contribution in [3.8, 4) is 0 Å². The van der Waals surface area contributed by atoms with Gasteiger partial charge in [0.25, 0.3) is 0 Å². The molecule has 0 bridgehead atoms. The second-order valence-corrected chi connectivity index (χ2v) is 5.02. The molecular formula is C19H16N2O. The van der Waals surface area contributed by atoms with Gasteiger partial charge in [-0.2, -0.15) is 5.10 Å². The van der Waals surface area contributed by atoms with Gasteiger partial charge in [0.15, 0.2) is 0 Å². The van der Waals surface area contributed by atoms with Crippen molar-refractivity contribution in [2.45, 2.75) is 6.42 Å². The fraction of sp³-hybridized carbons (Fsp3) is 0.0526. The summed E-state index contributed by atoms with van der Waals surface area (Å²) in [5, 5.41) is 6.33. The summed E-state index contributed by atoms with van der Waals surface area (Å²) < 4.78 is 0. The first kappa shape index (κ1) is 14.0. The zero-order chi connectivity index (χ0) is 15.2. The molecule has 0 saturated heterocycles. The number of hydrogen-bond acceptors (Lipinski definition) is 2. The van der Waals surface area contributed by atoms with E-state index in [4.69, 9.17) is 0 Å². The minimum Gasteiger partial charge on any atom is -0.273 e. The maximum absolute atomic E-state index is 11.8. The third-order valence-corrected chi connectivity index (χ3v) is 3.42. The maximum atomic E-state index is 11.8. The largest absolute Gasteiger partial charge is 0.273 e. The van der Waals surface area contributed by atoms with Crippen molar-refractivity contribution in [3.63, 3.8) is 0 Å². The molecule has 3 rings (SSSR count). The number of carbonyl (C=O) groups excluding carboxylic acids is 1. The Morgan fingerprint density at radius 1 is 0.909 bits per heavy atom. The minimum atomic E-state index is -0.123. The van der Waals surface area contributed by atoms with Crippen molar-refractivity contribution in [2.75, 3.05) is 0 Å². The number of carbonyl (C=O) groups is 1. The first-order valence-electron chi connectivity index (χ1n) is 7.16. The number of nitrogens with zero attached hydrogens (tertiary/aromatic N) is 1. The quantitative estimate of drug-likeness (QED) is 0.579. The van der Waals surface area contributed by atoms with Gasteiger partial charge in [0.05, 0.1) is 12.6 Å². The summed E-state index contributed by atoms with van der Waals surface area (Å²) in [5.41, 5.74) is 4.53. The number of nitrogens with one attached hydrogen (secondary N) is 1. The van der Waals surface area contributed by atoms with Gasteiger partial charge in [-0.3, -0.25) is 4.79 Å². The predicted octanol–water partition coefficient (Wildman–Crippen LogP) is 3.53. The van der Waals surface area contributed by atoms with E-state index in [0.717, 1.165) is 21.9 Å². The van der Waals surface area contributed by atoms with E-state index in [2.05, 4.69) is 22.7 Å². The molecule has 0 aliphatic carbocycles. The van der Waals surface area contributed by atoms with Gasteiger partial charge >= 0.3 is 0 Å². The van der Waals surface area contributed by atoms with Crippen molar-refractivity contribution < 1.29 is 4.79 Å². The predicted molar refractivity (Wildman–Crippen MR) is 89.8 cm³/mol. The fourth-order valence-corrected chi connectivity index (χ4v) is 2.36. The van der Waals surface area contributed by atoms with Crippen molar-refractivity contribution in [1.82, 2.24) is 5.43 Å². The summed E-state index contributed by atoms with van der Waals surface area (Å²) in [4.78, 5) is 11.8. The van der Waals surface area contributed by atoms with E-state index in [9.17, 15) is 4.79 Å². The summed E-state index contributed by atoms with van der Waals surface area (Å²) in [5.74, 6) is -0.123. The summed E-state index contributed by atoms with van der Waals surface area (Å²) in [6, 6.07) is 23.7. The summed E-state index contributed by atoms with van der Waals surface area (Å²) in [6.45, 7) is 0. The summed E-state index contributed by atoms with van der Waals surface area (Å²) in [7, 11) is 0. The molecule has 3 aromatic rings. The molecule has 0 aromatic heterocycles. The van der Waals surface area contributed by atoms with Crippen molar-refractivity contribution in [3.05, 3.63) is 83.9 Å². The molecule has 22 heavy (non-hydrogen) atoms. The van der Waals surface area contributed by atoms with Gasteiger partial charge in [-0.05, 0) is 16.3 Å². The van der Waals surface area contributed by atoms with Crippen LogP contribution in [0.3, 0.4) is 0 Å². The van der Waals surface area contributed by atoms with Gasteiger partial charge in [0.1, 0.15) is 0 Å². The molecule has 1 amide bonds. The summed E-state index contributed by atoms with van der Waals surface area (Å²) in [6.07, 6.45) is 2.01. The van der Waals surface area contributed by atoms with Crippen LogP contribution < -0.4 is 5.43 Å². The summed E-state index contributed by atoms with van der Waals surface area (Å²) >= 11 is 0. The molecule has 3 aromatic carbocycles. The van der Waals surface area contributed by atoms with E-state index in [1.165, 1.54) is 0 Å². The third kappa shape index (κ3) is 3.38. The fourth-order valence-electron chi connectivity index (χ4n) is 2.36. The average molecular weight is 288 g/mol. The average Bonchev–Trinajstić information content (AvgIpc) is 2.56. The molecule has 1 N–H and O–H groups in total. The zero-order valence-corrected chi connectivity index (χ0v) is 12.1. The van der Waals surface area contributed by atoms with Crippen LogP contribution in [0.5, 0.6) is 0 Å². The number of hydrogen-bond donors (Lipinski definition) is 1. The standard InChI is InChI=1S/C19H16N2O/c22-19(13-15-7-2-1-3-8-15)21-20-14-17-11-6-10-16-9-4-5-12-18(16)17/h1-12,14H,13H2,(H,21,22)/b20-14-. The Morgan fingerprint density at radius 2 is 1.64 bits per heavy atom. The van der Waals surface area contributed by atoms with Crippen LogP contribution in [0.4, 0.5) is 0 Å². The number of hydrazone groups is 1. The maximum Gasteiger partial charge on any atom is 0.244 e. The van der Waals surface area contributed by atoms with E-state index in [1.807, 2.05) is 60.7 Å². The lowest BCUT2D eigenvalue weighted by Gasteiger charge is -2.02. The third-order valence-electron chi connectivity index (χ3n) is 3.42. The van der Waals surface area contributed by atoms with E-state index in [1.54, 1.807) is 6.21 Å². The molecular weight excluding hydrogens is 272 g/mol. The number of fused-ring (bicyclic) bond motifs is 1. The zero-order valence-electron chi connectivity index (χ0n) is 12.1. The SMILES string of the molecule is O=C(Cc1ccccc1)N/N=C\c1cccc2ccccc12. The van der Waals surface area contributed by atoms with Crippen LogP contribution in [0.1, 0.15) is 11.1 Å². The minimum absolute atomic E-state index is 0.123. The highest BCUT2D eigenvalue weighted by Crippen LogP contribution is 2.16. The second-order valence-electron chi connectivity index (χ2n) is 5.02. The Bertz CT molecular complexity index is 805. The van der Waals surface area contributed by atoms with Gasteiger partial charge in [-0.1, -0.05) is 72.8 Å². The monoisotopic (exact) mass is 288 g/mol. The van der Waals surface area contributed by atoms with Crippen LogP contribution in [0.2, 0.25) is 0 Å². The van der Waals surface area contributed by atoms with Gasteiger partial charge in [0, 0.05) is 5.56 Å².